The van der Waals surface area contributed by atoms with E-state index in [9.17, 15) is 4.79 Å². The van der Waals surface area contributed by atoms with E-state index in [1.807, 2.05) is 18.2 Å². The normalized spacial score (nSPS) is 10.3. The predicted molar refractivity (Wildman–Crippen MR) is 81.2 cm³/mol. The first-order valence-electron chi connectivity index (χ1n) is 6.12. The molecule has 0 spiro atoms. The van der Waals surface area contributed by atoms with E-state index in [4.69, 9.17) is 0 Å². The van der Waals surface area contributed by atoms with Gasteiger partial charge in [0.15, 0.2) is 0 Å². The number of aromatic nitrogens is 4. The first-order valence-corrected chi connectivity index (χ1v) is 6.92. The molecule has 0 radical (unpaired) electrons. The molecule has 0 aliphatic rings. The van der Waals surface area contributed by atoms with Crippen LogP contribution in [0.5, 0.6) is 0 Å². The van der Waals surface area contributed by atoms with E-state index in [-0.39, 0.29) is 5.91 Å². The zero-order chi connectivity index (χ0) is 14.7. The summed E-state index contributed by atoms with van der Waals surface area (Å²) in [6, 6.07) is 10.8. The number of carbonyl (C=O) groups excluding carboxylic acids is 1. The molecule has 7 heteroatoms. The third kappa shape index (κ3) is 2.97. The highest BCUT2D eigenvalue weighted by Gasteiger charge is 2.10. The van der Waals surface area contributed by atoms with Gasteiger partial charge < -0.3 is 5.32 Å². The van der Waals surface area contributed by atoms with Gasteiger partial charge in [-0.25, -0.2) is 9.67 Å². The molecule has 2 heterocycles. The van der Waals surface area contributed by atoms with Gasteiger partial charge in [0, 0.05) is 6.20 Å². The summed E-state index contributed by atoms with van der Waals surface area (Å²) in [7, 11) is 0. The Kier molecular flexibility index (Phi) is 3.74. The number of hydrogen-bond acceptors (Lipinski definition) is 4. The summed E-state index contributed by atoms with van der Waals surface area (Å²) < 4.78 is 2.28. The van der Waals surface area contributed by atoms with Crippen LogP contribution in [0.3, 0.4) is 0 Å². The van der Waals surface area contributed by atoms with E-state index in [0.717, 1.165) is 5.69 Å². The fourth-order valence-corrected chi connectivity index (χ4v) is 2.05. The third-order valence-corrected chi connectivity index (χ3v) is 3.28. The number of hydrogen-bond donors (Lipinski definition) is 1. The summed E-state index contributed by atoms with van der Waals surface area (Å²) in [5.41, 5.74) is 1.87. The van der Waals surface area contributed by atoms with Crippen LogP contribution in [0.4, 0.5) is 5.69 Å². The molecule has 1 N–H and O–H groups in total. The number of para-hydroxylation sites is 2. The van der Waals surface area contributed by atoms with Gasteiger partial charge >= 0.3 is 0 Å². The number of rotatable bonds is 3. The number of amides is 1. The molecule has 2 aromatic heterocycles. The molecule has 0 saturated heterocycles. The molecule has 0 aliphatic carbocycles. The summed E-state index contributed by atoms with van der Waals surface area (Å²) in [6.07, 6.45) is 4.81. The zero-order valence-electron chi connectivity index (χ0n) is 10.8. The minimum absolute atomic E-state index is 0.234. The minimum Gasteiger partial charge on any atom is -0.320 e. The topological polar surface area (TPSA) is 72.7 Å². The average molecular weight is 344 g/mol. The van der Waals surface area contributed by atoms with Crippen molar-refractivity contribution in [1.29, 1.82) is 0 Å². The maximum Gasteiger partial charge on any atom is 0.257 e. The number of pyridine rings is 1. The van der Waals surface area contributed by atoms with E-state index < -0.39 is 0 Å². The fourth-order valence-electron chi connectivity index (χ4n) is 1.82. The molecule has 0 atom stereocenters. The van der Waals surface area contributed by atoms with Gasteiger partial charge in [-0.1, -0.05) is 17.3 Å². The second-order valence-electron chi connectivity index (χ2n) is 4.19. The van der Waals surface area contributed by atoms with E-state index in [2.05, 4.69) is 36.5 Å². The van der Waals surface area contributed by atoms with Crippen LogP contribution >= 0.6 is 15.9 Å². The van der Waals surface area contributed by atoms with Crippen molar-refractivity contribution in [2.75, 3.05) is 5.32 Å². The van der Waals surface area contributed by atoms with Crippen LogP contribution in [-0.2, 0) is 0 Å². The Balaban J connectivity index is 1.88. The van der Waals surface area contributed by atoms with Gasteiger partial charge in [-0.15, -0.1) is 5.10 Å². The summed E-state index contributed by atoms with van der Waals surface area (Å²) in [5, 5.41) is 10.6. The van der Waals surface area contributed by atoms with Gasteiger partial charge in [-0.2, -0.15) is 0 Å². The Morgan fingerprint density at radius 1 is 1.19 bits per heavy atom. The molecule has 104 valence electrons. The second-order valence-corrected chi connectivity index (χ2v) is 5.00. The first kappa shape index (κ1) is 13.4. The predicted octanol–water partition coefficient (Wildman–Crippen LogP) is 2.68. The van der Waals surface area contributed by atoms with Crippen molar-refractivity contribution in [2.24, 2.45) is 0 Å². The van der Waals surface area contributed by atoms with Crippen LogP contribution in [-0.4, -0.2) is 25.9 Å². The van der Waals surface area contributed by atoms with Crippen LogP contribution in [0.1, 0.15) is 10.4 Å². The molecule has 21 heavy (non-hydrogen) atoms. The summed E-state index contributed by atoms with van der Waals surface area (Å²) in [4.78, 5) is 16.3. The number of carbonyl (C=O) groups is 1. The monoisotopic (exact) mass is 343 g/mol. The van der Waals surface area contributed by atoms with Gasteiger partial charge in [0.25, 0.3) is 5.91 Å². The molecule has 0 aliphatic heterocycles. The van der Waals surface area contributed by atoms with Crippen molar-refractivity contribution in [2.45, 2.75) is 0 Å². The van der Waals surface area contributed by atoms with E-state index in [1.54, 1.807) is 35.3 Å². The number of anilines is 1. The highest BCUT2D eigenvalue weighted by atomic mass is 79.9. The number of nitrogens with one attached hydrogen (secondary N) is 1. The lowest BCUT2D eigenvalue weighted by Gasteiger charge is -2.10. The number of nitrogens with zero attached hydrogens (tertiary/aromatic N) is 4. The SMILES string of the molecule is O=C(Nc1ccccc1-n1ccnn1)c1ccc(Br)nc1. The quantitative estimate of drug-likeness (QED) is 0.742. The Bertz CT molecular complexity index is 755. The Morgan fingerprint density at radius 3 is 2.76 bits per heavy atom. The van der Waals surface area contributed by atoms with Gasteiger partial charge in [-0.05, 0) is 40.2 Å². The number of halogens is 1. The summed E-state index contributed by atoms with van der Waals surface area (Å²) >= 11 is 3.24. The van der Waals surface area contributed by atoms with Gasteiger partial charge in [0.05, 0.1) is 29.3 Å². The molecule has 1 aromatic carbocycles. The lowest BCUT2D eigenvalue weighted by Crippen LogP contribution is -2.14. The molecular weight excluding hydrogens is 334 g/mol. The molecule has 3 rings (SSSR count). The maximum atomic E-state index is 12.2. The highest BCUT2D eigenvalue weighted by Crippen LogP contribution is 2.19. The van der Waals surface area contributed by atoms with E-state index >= 15 is 0 Å². The van der Waals surface area contributed by atoms with Crippen molar-refractivity contribution in [1.82, 2.24) is 20.0 Å². The molecule has 1 amide bonds. The Hall–Kier alpha value is -2.54. The van der Waals surface area contributed by atoms with Crippen molar-refractivity contribution < 1.29 is 4.79 Å². The molecule has 0 saturated carbocycles. The van der Waals surface area contributed by atoms with Crippen LogP contribution in [0.25, 0.3) is 5.69 Å². The smallest absolute Gasteiger partial charge is 0.257 e. The lowest BCUT2D eigenvalue weighted by atomic mass is 10.2. The van der Waals surface area contributed by atoms with Crippen molar-refractivity contribution >= 4 is 27.5 Å². The zero-order valence-corrected chi connectivity index (χ0v) is 12.4. The summed E-state index contributed by atoms with van der Waals surface area (Å²) in [5.74, 6) is -0.234. The van der Waals surface area contributed by atoms with E-state index in [1.165, 1.54) is 6.20 Å². The van der Waals surface area contributed by atoms with Gasteiger partial charge in [-0.3, -0.25) is 4.79 Å². The molecule has 0 fully saturated rings. The van der Waals surface area contributed by atoms with Gasteiger partial charge in [0.2, 0.25) is 0 Å². The minimum atomic E-state index is -0.234. The Morgan fingerprint density at radius 2 is 2.05 bits per heavy atom. The van der Waals surface area contributed by atoms with Crippen LogP contribution in [0.2, 0.25) is 0 Å². The second kappa shape index (κ2) is 5.84. The number of benzene rings is 1. The van der Waals surface area contributed by atoms with Gasteiger partial charge in [0.1, 0.15) is 4.60 Å². The summed E-state index contributed by atoms with van der Waals surface area (Å²) in [6.45, 7) is 0. The molecule has 6 nitrogen and oxygen atoms in total. The van der Waals surface area contributed by atoms with E-state index in [0.29, 0.717) is 15.9 Å². The lowest BCUT2D eigenvalue weighted by molar-refractivity contribution is 0.102. The van der Waals surface area contributed by atoms with Crippen molar-refractivity contribution in [3.8, 4) is 5.69 Å². The molecule has 0 unspecified atom stereocenters. The van der Waals surface area contributed by atoms with Crippen molar-refractivity contribution in [3.63, 3.8) is 0 Å². The first-order chi connectivity index (χ1) is 10.2. The largest absolute Gasteiger partial charge is 0.320 e. The fraction of sp³-hybridized carbons (Fsp3) is 0. The molecular formula is C14H10BrN5O. The third-order valence-electron chi connectivity index (χ3n) is 2.81. The average Bonchev–Trinajstić information content (AvgIpc) is 3.02. The molecule has 0 bridgehead atoms. The Labute approximate surface area is 129 Å². The van der Waals surface area contributed by atoms with Crippen LogP contribution < -0.4 is 5.32 Å². The molecule has 3 aromatic rings. The van der Waals surface area contributed by atoms with Crippen LogP contribution in [0, 0.1) is 0 Å². The van der Waals surface area contributed by atoms with Crippen LogP contribution in [0.15, 0.2) is 59.6 Å². The maximum absolute atomic E-state index is 12.2. The standard InChI is InChI=1S/C14H10BrN5O/c15-13-6-5-10(9-16-13)14(21)18-11-3-1-2-4-12(11)20-8-7-17-19-20/h1-9H,(H,18,21). The highest BCUT2D eigenvalue weighted by molar-refractivity contribution is 9.10. The van der Waals surface area contributed by atoms with Crippen molar-refractivity contribution in [3.05, 3.63) is 65.2 Å².